The molecule has 0 aromatic carbocycles. The average Bonchev–Trinajstić information content (AvgIpc) is 2.75. The number of carboxylic acids is 1. The molecule has 0 bridgehead atoms. The van der Waals surface area contributed by atoms with Gasteiger partial charge in [-0.15, -0.1) is 0 Å². The summed E-state index contributed by atoms with van der Waals surface area (Å²) in [4.78, 5) is 23.2. The molecule has 0 fully saturated rings. The maximum absolute atomic E-state index is 12.1. The lowest BCUT2D eigenvalue weighted by molar-refractivity contribution is -0.153. The van der Waals surface area contributed by atoms with Gasteiger partial charge in [0.1, 0.15) is 6.10 Å². The molecule has 0 aliphatic carbocycles. The Hall–Kier alpha value is -1.06. The van der Waals surface area contributed by atoms with Gasteiger partial charge in [0.15, 0.2) is 0 Å². The molecule has 1 atom stereocenters. The number of aliphatic carboxylic acids is 1. The van der Waals surface area contributed by atoms with Crippen molar-refractivity contribution in [1.82, 2.24) is 0 Å². The monoisotopic (exact) mass is 454 g/mol. The first-order chi connectivity index (χ1) is 15.6. The van der Waals surface area contributed by atoms with E-state index >= 15 is 0 Å². The Morgan fingerprint density at radius 2 is 0.969 bits per heavy atom. The van der Waals surface area contributed by atoms with E-state index in [1.165, 1.54) is 103 Å². The topological polar surface area (TPSA) is 63.6 Å². The van der Waals surface area contributed by atoms with Crippen LogP contribution < -0.4 is 0 Å². The van der Waals surface area contributed by atoms with Gasteiger partial charge >= 0.3 is 11.9 Å². The van der Waals surface area contributed by atoms with Crippen molar-refractivity contribution in [3.05, 3.63) is 0 Å². The van der Waals surface area contributed by atoms with Crippen LogP contribution in [0.15, 0.2) is 0 Å². The van der Waals surface area contributed by atoms with E-state index in [0.717, 1.165) is 25.7 Å². The molecular weight excluding hydrogens is 400 g/mol. The van der Waals surface area contributed by atoms with E-state index < -0.39 is 12.1 Å². The van der Waals surface area contributed by atoms with Crippen LogP contribution in [-0.2, 0) is 14.3 Å². The minimum Gasteiger partial charge on any atom is -0.481 e. The van der Waals surface area contributed by atoms with Crippen LogP contribution >= 0.6 is 0 Å². The van der Waals surface area contributed by atoms with E-state index in [1.807, 2.05) is 0 Å². The van der Waals surface area contributed by atoms with Crippen LogP contribution in [0, 0.1) is 0 Å². The van der Waals surface area contributed by atoms with E-state index in [-0.39, 0.29) is 12.4 Å². The first-order valence-electron chi connectivity index (χ1n) is 14.0. The van der Waals surface area contributed by atoms with Gasteiger partial charge in [-0.1, -0.05) is 129 Å². The predicted octanol–water partition coefficient (Wildman–Crippen LogP) is 8.99. The van der Waals surface area contributed by atoms with Gasteiger partial charge in [-0.2, -0.15) is 0 Å². The van der Waals surface area contributed by atoms with E-state index in [2.05, 4.69) is 13.8 Å². The predicted molar refractivity (Wildman–Crippen MR) is 135 cm³/mol. The first kappa shape index (κ1) is 30.9. The molecule has 190 valence electrons. The van der Waals surface area contributed by atoms with Crippen molar-refractivity contribution >= 4 is 11.9 Å². The molecule has 4 heteroatoms. The molecule has 0 aromatic heterocycles. The fourth-order valence-corrected chi connectivity index (χ4v) is 4.26. The zero-order valence-corrected chi connectivity index (χ0v) is 21.5. The standard InChI is InChI=1S/C28H54O4/c1-3-5-7-9-11-13-14-15-16-18-20-22-24-28(31)32-26(25-27(29)30)23-21-19-17-12-10-8-6-4-2/h26H,3-25H2,1-2H3,(H,29,30). The number of carbonyl (C=O) groups is 2. The zero-order chi connectivity index (χ0) is 23.7. The molecule has 0 saturated heterocycles. The molecule has 0 aromatic rings. The van der Waals surface area contributed by atoms with Crippen LogP contribution in [0.2, 0.25) is 0 Å². The highest BCUT2D eigenvalue weighted by molar-refractivity contribution is 5.71. The third-order valence-corrected chi connectivity index (χ3v) is 6.31. The molecule has 0 heterocycles. The highest BCUT2D eigenvalue weighted by atomic mass is 16.5. The van der Waals surface area contributed by atoms with Gasteiger partial charge in [0.2, 0.25) is 0 Å². The molecule has 0 saturated carbocycles. The normalized spacial score (nSPS) is 12.1. The van der Waals surface area contributed by atoms with Crippen molar-refractivity contribution in [1.29, 1.82) is 0 Å². The molecule has 4 nitrogen and oxygen atoms in total. The summed E-state index contributed by atoms with van der Waals surface area (Å²) in [6.45, 7) is 4.48. The van der Waals surface area contributed by atoms with Crippen LogP contribution in [0.25, 0.3) is 0 Å². The molecule has 0 rings (SSSR count). The molecule has 0 radical (unpaired) electrons. The molecule has 0 spiro atoms. The van der Waals surface area contributed by atoms with Gasteiger partial charge in [0.05, 0.1) is 6.42 Å². The number of carboxylic acid groups (broad SMARTS) is 1. The smallest absolute Gasteiger partial charge is 0.307 e. The Bertz CT molecular complexity index is 422. The summed E-state index contributed by atoms with van der Waals surface area (Å²) in [6.07, 6.45) is 25.4. The number of ether oxygens (including phenoxy) is 1. The van der Waals surface area contributed by atoms with Crippen molar-refractivity contribution in [3.63, 3.8) is 0 Å². The molecule has 32 heavy (non-hydrogen) atoms. The second kappa shape index (κ2) is 24.6. The minimum atomic E-state index is -0.882. The van der Waals surface area contributed by atoms with Crippen molar-refractivity contribution < 1.29 is 19.4 Å². The summed E-state index contributed by atoms with van der Waals surface area (Å²) < 4.78 is 5.50. The summed E-state index contributed by atoms with van der Waals surface area (Å²) in [5.41, 5.74) is 0. The Balaban J connectivity index is 3.69. The summed E-state index contributed by atoms with van der Waals surface area (Å²) in [7, 11) is 0. The van der Waals surface area contributed by atoms with E-state index in [4.69, 9.17) is 9.84 Å². The van der Waals surface area contributed by atoms with Crippen LogP contribution in [-0.4, -0.2) is 23.1 Å². The van der Waals surface area contributed by atoms with E-state index in [0.29, 0.717) is 12.8 Å². The summed E-state index contributed by atoms with van der Waals surface area (Å²) in [5, 5.41) is 9.12. The summed E-state index contributed by atoms with van der Waals surface area (Å²) in [6, 6.07) is 0. The molecule has 0 aliphatic rings. The highest BCUT2D eigenvalue weighted by Gasteiger charge is 2.17. The third-order valence-electron chi connectivity index (χ3n) is 6.31. The van der Waals surface area contributed by atoms with Gasteiger partial charge in [0, 0.05) is 6.42 Å². The van der Waals surface area contributed by atoms with Crippen LogP contribution in [0.3, 0.4) is 0 Å². The number of hydrogen-bond acceptors (Lipinski definition) is 3. The second-order valence-electron chi connectivity index (χ2n) is 9.61. The van der Waals surface area contributed by atoms with Gasteiger partial charge < -0.3 is 9.84 Å². The second-order valence-corrected chi connectivity index (χ2v) is 9.61. The average molecular weight is 455 g/mol. The van der Waals surface area contributed by atoms with Crippen molar-refractivity contribution in [2.24, 2.45) is 0 Å². The Labute approximate surface area is 199 Å². The maximum atomic E-state index is 12.1. The number of hydrogen-bond donors (Lipinski definition) is 1. The van der Waals surface area contributed by atoms with Crippen molar-refractivity contribution in [3.8, 4) is 0 Å². The molecular formula is C28H54O4. The summed E-state index contributed by atoms with van der Waals surface area (Å²) in [5.74, 6) is -1.10. The largest absolute Gasteiger partial charge is 0.481 e. The number of carbonyl (C=O) groups excluding carboxylic acids is 1. The quantitative estimate of drug-likeness (QED) is 0.110. The summed E-state index contributed by atoms with van der Waals surface area (Å²) >= 11 is 0. The highest BCUT2D eigenvalue weighted by Crippen LogP contribution is 2.16. The third kappa shape index (κ3) is 23.6. The van der Waals surface area contributed by atoms with Gasteiger partial charge in [-0.3, -0.25) is 9.59 Å². The molecule has 1 N–H and O–H groups in total. The molecule has 0 aliphatic heterocycles. The van der Waals surface area contributed by atoms with Gasteiger partial charge in [-0.05, 0) is 19.3 Å². The van der Waals surface area contributed by atoms with E-state index in [1.54, 1.807) is 0 Å². The SMILES string of the molecule is CCCCCCCCCCCCCCC(=O)OC(CCCCCCCCCC)CC(=O)O. The fourth-order valence-electron chi connectivity index (χ4n) is 4.26. The Kier molecular flexibility index (Phi) is 23.8. The fraction of sp³-hybridized carbons (Fsp3) is 0.929. The van der Waals surface area contributed by atoms with E-state index in [9.17, 15) is 9.59 Å². The van der Waals surface area contributed by atoms with Gasteiger partial charge in [0.25, 0.3) is 0 Å². The van der Waals surface area contributed by atoms with Crippen molar-refractivity contribution in [2.45, 2.75) is 168 Å². The zero-order valence-electron chi connectivity index (χ0n) is 21.5. The minimum absolute atomic E-state index is 0.0688. The lowest BCUT2D eigenvalue weighted by atomic mass is 10.0. The number of unbranched alkanes of at least 4 members (excludes halogenated alkanes) is 18. The maximum Gasteiger partial charge on any atom is 0.307 e. The number of esters is 1. The van der Waals surface area contributed by atoms with Crippen LogP contribution in [0.4, 0.5) is 0 Å². The lowest BCUT2D eigenvalue weighted by Crippen LogP contribution is -2.21. The van der Waals surface area contributed by atoms with Crippen LogP contribution in [0.5, 0.6) is 0 Å². The molecule has 1 unspecified atom stereocenters. The lowest BCUT2D eigenvalue weighted by Gasteiger charge is -2.16. The van der Waals surface area contributed by atoms with Crippen LogP contribution in [0.1, 0.15) is 162 Å². The number of rotatable bonds is 25. The Morgan fingerprint density at radius 3 is 1.38 bits per heavy atom. The Morgan fingerprint density at radius 1 is 0.594 bits per heavy atom. The van der Waals surface area contributed by atoms with Gasteiger partial charge in [-0.25, -0.2) is 0 Å². The first-order valence-corrected chi connectivity index (χ1v) is 14.0. The molecule has 0 amide bonds. The van der Waals surface area contributed by atoms with Crippen molar-refractivity contribution in [2.75, 3.05) is 0 Å².